The Balaban J connectivity index is 1.42. The van der Waals surface area contributed by atoms with E-state index in [2.05, 4.69) is 0 Å². The van der Waals surface area contributed by atoms with Crippen molar-refractivity contribution in [3.8, 4) is 5.75 Å². The molecular weight excluding hydrogens is 481 g/mol. The Bertz CT molecular complexity index is 1560. The molecule has 0 amide bonds. The fourth-order valence-corrected chi connectivity index (χ4v) is 6.38. The van der Waals surface area contributed by atoms with Crippen molar-refractivity contribution in [2.75, 3.05) is 10.8 Å². The molecule has 0 aliphatic carbocycles. The first-order valence-electron chi connectivity index (χ1n) is 11.6. The largest absolute Gasteiger partial charge is 0.489 e. The zero-order chi connectivity index (χ0) is 25.3. The Kier molecular flexibility index (Phi) is 6.36. The second-order valence-electron chi connectivity index (χ2n) is 8.66. The fraction of sp³-hybridized carbons (Fsp3) is 0.179. The number of para-hydroxylation sites is 1. The Morgan fingerprint density at radius 3 is 2.56 bits per heavy atom. The molecule has 1 aliphatic heterocycles. The van der Waals surface area contributed by atoms with Crippen molar-refractivity contribution in [3.63, 3.8) is 0 Å². The molecule has 4 aromatic carbocycles. The van der Waals surface area contributed by atoms with Crippen molar-refractivity contribution in [1.29, 1.82) is 0 Å². The molecule has 8 heteroatoms. The van der Waals surface area contributed by atoms with Gasteiger partial charge in [0, 0.05) is 30.0 Å². The lowest BCUT2D eigenvalue weighted by Crippen LogP contribution is -2.30. The van der Waals surface area contributed by atoms with E-state index >= 15 is 0 Å². The van der Waals surface area contributed by atoms with Crippen molar-refractivity contribution < 1.29 is 27.4 Å². The van der Waals surface area contributed by atoms with Crippen LogP contribution in [-0.4, -0.2) is 26.0 Å². The molecular formula is C28H24FNO5S. The molecule has 0 saturated carbocycles. The van der Waals surface area contributed by atoms with E-state index < -0.39 is 21.8 Å². The van der Waals surface area contributed by atoms with Crippen molar-refractivity contribution in [2.24, 2.45) is 0 Å². The first-order chi connectivity index (χ1) is 17.3. The van der Waals surface area contributed by atoms with Crippen LogP contribution in [0.5, 0.6) is 5.75 Å². The normalized spacial score (nSPS) is 13.1. The lowest BCUT2D eigenvalue weighted by Gasteiger charge is -2.23. The summed E-state index contributed by atoms with van der Waals surface area (Å²) in [6.45, 7) is 0.378. The number of anilines is 1. The van der Waals surface area contributed by atoms with Crippen LogP contribution >= 0.6 is 0 Å². The van der Waals surface area contributed by atoms with Crippen LogP contribution < -0.4 is 9.04 Å². The molecule has 0 radical (unpaired) electrons. The molecule has 0 unspecified atom stereocenters. The summed E-state index contributed by atoms with van der Waals surface area (Å²) in [6.07, 6.45) is 0.517. The van der Waals surface area contributed by atoms with Gasteiger partial charge in [0.1, 0.15) is 18.2 Å². The molecule has 0 atom stereocenters. The standard InChI is InChI=1S/C28H24FNO5S/c29-25-17-23(13-11-20(25)12-14-27(31)32)35-18-22-8-3-7-21-15-16-30(28(21)22)36(33,34)26-10-4-6-19-5-1-2-9-24(19)26/h1-11,13,17H,12,14-16,18H2,(H,31,32). The molecule has 0 fully saturated rings. The summed E-state index contributed by atoms with van der Waals surface area (Å²) in [7, 11) is -3.84. The smallest absolute Gasteiger partial charge is 0.303 e. The van der Waals surface area contributed by atoms with Crippen LogP contribution in [0.1, 0.15) is 23.1 Å². The number of nitrogens with zero attached hydrogens (tertiary/aromatic N) is 1. The van der Waals surface area contributed by atoms with E-state index in [4.69, 9.17) is 9.84 Å². The number of aliphatic carboxylic acids is 1. The predicted octanol–water partition coefficient (Wildman–Crippen LogP) is 5.33. The van der Waals surface area contributed by atoms with Crippen molar-refractivity contribution in [2.45, 2.75) is 30.8 Å². The van der Waals surface area contributed by atoms with Crippen LogP contribution in [-0.2, 0) is 34.3 Å². The first-order valence-corrected chi connectivity index (χ1v) is 13.0. The van der Waals surface area contributed by atoms with E-state index in [0.29, 0.717) is 35.2 Å². The Hall–Kier alpha value is -3.91. The highest BCUT2D eigenvalue weighted by atomic mass is 32.2. The zero-order valence-corrected chi connectivity index (χ0v) is 20.2. The molecule has 6 nitrogen and oxygen atoms in total. The van der Waals surface area contributed by atoms with Gasteiger partial charge < -0.3 is 9.84 Å². The lowest BCUT2D eigenvalue weighted by atomic mass is 10.1. The van der Waals surface area contributed by atoms with Gasteiger partial charge in [-0.15, -0.1) is 0 Å². The number of aryl methyl sites for hydroxylation is 1. The summed E-state index contributed by atoms with van der Waals surface area (Å²) < 4.78 is 49.3. The number of halogens is 1. The maximum atomic E-state index is 14.4. The van der Waals surface area contributed by atoms with Gasteiger partial charge in [-0.2, -0.15) is 0 Å². The van der Waals surface area contributed by atoms with E-state index in [1.165, 1.54) is 16.4 Å². The Morgan fingerprint density at radius 1 is 0.972 bits per heavy atom. The SMILES string of the molecule is O=C(O)CCc1ccc(OCc2cccc3c2N(S(=O)(=O)c2cccc4ccccc24)CC3)cc1F. The summed E-state index contributed by atoms with van der Waals surface area (Å²) in [5.41, 5.74) is 2.50. The molecule has 1 aliphatic rings. The second-order valence-corrected chi connectivity index (χ2v) is 10.5. The first kappa shape index (κ1) is 23.8. The molecule has 0 aromatic heterocycles. The Morgan fingerprint density at radius 2 is 1.75 bits per heavy atom. The quantitative estimate of drug-likeness (QED) is 0.350. The van der Waals surface area contributed by atoms with Crippen LogP contribution in [0.3, 0.4) is 0 Å². The number of ether oxygens (including phenoxy) is 1. The number of benzene rings is 4. The van der Waals surface area contributed by atoms with Gasteiger partial charge in [-0.3, -0.25) is 9.10 Å². The van der Waals surface area contributed by atoms with Crippen LogP contribution in [0, 0.1) is 5.82 Å². The van der Waals surface area contributed by atoms with Gasteiger partial charge in [-0.25, -0.2) is 12.8 Å². The summed E-state index contributed by atoms with van der Waals surface area (Å²) in [4.78, 5) is 11.0. The average Bonchev–Trinajstić information content (AvgIpc) is 3.32. The van der Waals surface area contributed by atoms with Crippen LogP contribution in [0.2, 0.25) is 0 Å². The van der Waals surface area contributed by atoms with Crippen LogP contribution in [0.25, 0.3) is 10.8 Å². The molecule has 1 heterocycles. The van der Waals surface area contributed by atoms with Crippen molar-refractivity contribution >= 4 is 32.5 Å². The minimum absolute atomic E-state index is 0.0542. The van der Waals surface area contributed by atoms with E-state index in [1.807, 2.05) is 48.5 Å². The van der Waals surface area contributed by atoms with Crippen molar-refractivity contribution in [3.05, 3.63) is 101 Å². The summed E-state index contributed by atoms with van der Waals surface area (Å²) in [5, 5.41) is 10.3. The minimum Gasteiger partial charge on any atom is -0.489 e. The molecule has 0 spiro atoms. The van der Waals surface area contributed by atoms with E-state index in [9.17, 15) is 17.6 Å². The third-order valence-corrected chi connectivity index (χ3v) is 8.24. The molecule has 36 heavy (non-hydrogen) atoms. The number of rotatable bonds is 8. The maximum Gasteiger partial charge on any atom is 0.303 e. The highest BCUT2D eigenvalue weighted by Gasteiger charge is 2.33. The number of carboxylic acid groups (broad SMARTS) is 1. The summed E-state index contributed by atoms with van der Waals surface area (Å²) in [5.74, 6) is -1.24. The number of hydrogen-bond acceptors (Lipinski definition) is 4. The molecule has 5 rings (SSSR count). The number of sulfonamides is 1. The molecule has 184 valence electrons. The fourth-order valence-electron chi connectivity index (χ4n) is 4.62. The van der Waals surface area contributed by atoms with Gasteiger partial charge in [-0.05, 0) is 41.5 Å². The van der Waals surface area contributed by atoms with E-state index in [1.54, 1.807) is 18.2 Å². The highest BCUT2D eigenvalue weighted by Crippen LogP contribution is 2.38. The monoisotopic (exact) mass is 505 g/mol. The molecule has 1 N–H and O–H groups in total. The van der Waals surface area contributed by atoms with Gasteiger partial charge in [0.15, 0.2) is 0 Å². The van der Waals surface area contributed by atoms with Gasteiger partial charge in [-0.1, -0.05) is 60.7 Å². The third-order valence-electron chi connectivity index (χ3n) is 6.38. The van der Waals surface area contributed by atoms with Gasteiger partial charge in [0.25, 0.3) is 10.0 Å². The lowest BCUT2D eigenvalue weighted by molar-refractivity contribution is -0.136. The number of carbonyl (C=O) groups is 1. The van der Waals surface area contributed by atoms with Gasteiger partial charge >= 0.3 is 5.97 Å². The van der Waals surface area contributed by atoms with Gasteiger partial charge in [0.2, 0.25) is 0 Å². The van der Waals surface area contributed by atoms with Crippen LogP contribution in [0.4, 0.5) is 10.1 Å². The molecule has 4 aromatic rings. The molecule has 0 saturated heterocycles. The predicted molar refractivity (Wildman–Crippen MR) is 135 cm³/mol. The van der Waals surface area contributed by atoms with E-state index in [-0.39, 0.29) is 30.1 Å². The third kappa shape index (κ3) is 4.52. The minimum atomic E-state index is -3.84. The topological polar surface area (TPSA) is 83.9 Å². The summed E-state index contributed by atoms with van der Waals surface area (Å²) in [6, 6.07) is 22.6. The summed E-state index contributed by atoms with van der Waals surface area (Å²) >= 11 is 0. The second kappa shape index (κ2) is 9.62. The number of carboxylic acids is 1. The highest BCUT2D eigenvalue weighted by molar-refractivity contribution is 7.93. The van der Waals surface area contributed by atoms with E-state index in [0.717, 1.165) is 10.9 Å². The zero-order valence-electron chi connectivity index (χ0n) is 19.4. The van der Waals surface area contributed by atoms with Crippen LogP contribution in [0.15, 0.2) is 83.8 Å². The molecule has 0 bridgehead atoms. The average molecular weight is 506 g/mol. The van der Waals surface area contributed by atoms with Gasteiger partial charge in [0.05, 0.1) is 10.6 Å². The maximum absolute atomic E-state index is 14.4. The number of fused-ring (bicyclic) bond motifs is 2. The Labute approximate surface area is 208 Å². The number of hydrogen-bond donors (Lipinski definition) is 1. The van der Waals surface area contributed by atoms with Crippen molar-refractivity contribution in [1.82, 2.24) is 0 Å².